The van der Waals surface area contributed by atoms with Gasteiger partial charge >= 0.3 is 11.9 Å². The molecule has 0 amide bonds. The molecule has 0 rings (SSSR count). The number of carbonyl (C=O) groups excluding carboxylic acids is 2. The zero-order chi connectivity index (χ0) is 14.3. The smallest absolute Gasteiger partial charge is 0.347 e. The van der Waals surface area contributed by atoms with Crippen LogP contribution in [0.5, 0.6) is 0 Å². The van der Waals surface area contributed by atoms with Gasteiger partial charge in [0.1, 0.15) is 0 Å². The summed E-state index contributed by atoms with van der Waals surface area (Å²) in [5.41, 5.74) is -0.669. The molecule has 0 aliphatic carbocycles. The van der Waals surface area contributed by atoms with Crippen molar-refractivity contribution in [1.29, 1.82) is 0 Å². The molecule has 0 heterocycles. The van der Waals surface area contributed by atoms with Gasteiger partial charge in [0.2, 0.25) is 0 Å². The maximum Gasteiger partial charge on any atom is 0.347 e. The molecule has 0 aliphatic rings. The van der Waals surface area contributed by atoms with Crippen LogP contribution in [-0.4, -0.2) is 38.7 Å². The fourth-order valence-corrected chi connectivity index (χ4v) is 1.55. The number of carbonyl (C=O) groups is 2. The van der Waals surface area contributed by atoms with Gasteiger partial charge in [-0.05, 0) is 33.2 Å². The summed E-state index contributed by atoms with van der Waals surface area (Å²) in [6, 6.07) is 0. The van der Waals surface area contributed by atoms with E-state index >= 15 is 0 Å². The zero-order valence-corrected chi connectivity index (χ0v) is 12.2. The van der Waals surface area contributed by atoms with Crippen molar-refractivity contribution in [2.45, 2.75) is 40.2 Å². The lowest BCUT2D eigenvalue weighted by atomic mass is 9.93. The van der Waals surface area contributed by atoms with Crippen LogP contribution >= 0.6 is 0 Å². The normalized spacial score (nSPS) is 13.3. The lowest BCUT2D eigenvalue weighted by Crippen LogP contribution is -2.40. The molecule has 0 fully saturated rings. The summed E-state index contributed by atoms with van der Waals surface area (Å²) in [5.74, 6) is -0.653. The number of ether oxygens (including phenoxy) is 2. The second-order valence-electron chi connectivity index (χ2n) is 5.46. The third kappa shape index (κ3) is 5.49. The molecule has 0 spiro atoms. The summed E-state index contributed by atoms with van der Waals surface area (Å²) >= 11 is 0. The Morgan fingerprint density at radius 3 is 2.22 bits per heavy atom. The van der Waals surface area contributed by atoms with Crippen molar-refractivity contribution in [1.82, 2.24) is 5.32 Å². The number of rotatable bonds is 7. The van der Waals surface area contributed by atoms with Crippen LogP contribution in [0.3, 0.4) is 0 Å². The summed E-state index contributed by atoms with van der Waals surface area (Å²) in [4.78, 5) is 23.5. The minimum absolute atomic E-state index is 0.245. The number of esters is 2. The Labute approximate surface area is 109 Å². The average molecular weight is 259 g/mol. The van der Waals surface area contributed by atoms with E-state index in [4.69, 9.17) is 4.74 Å². The molecule has 1 unspecified atom stereocenters. The molecule has 0 saturated carbocycles. The van der Waals surface area contributed by atoms with Crippen LogP contribution in [0.4, 0.5) is 0 Å². The number of nitrogens with one attached hydrogen (secondary N) is 1. The summed E-state index contributed by atoms with van der Waals surface area (Å²) < 4.78 is 9.93. The van der Waals surface area contributed by atoms with Crippen molar-refractivity contribution in [3.63, 3.8) is 0 Å². The quantitative estimate of drug-likeness (QED) is 0.699. The lowest BCUT2D eigenvalue weighted by Gasteiger charge is -2.25. The van der Waals surface area contributed by atoms with Crippen LogP contribution < -0.4 is 5.32 Å². The standard InChI is InChI=1S/C13H25NO4/c1-9(2)7-10(11(15)17-6)18-12(16)13(3,4)8-14-5/h9-10,14H,7-8H2,1-6H3. The fraction of sp³-hybridized carbons (Fsp3) is 0.846. The Hall–Kier alpha value is -1.10. The Morgan fingerprint density at radius 2 is 1.83 bits per heavy atom. The highest BCUT2D eigenvalue weighted by Gasteiger charge is 2.33. The summed E-state index contributed by atoms with van der Waals surface area (Å²) in [7, 11) is 3.06. The molecule has 0 aromatic carbocycles. The predicted molar refractivity (Wildman–Crippen MR) is 69.1 cm³/mol. The van der Waals surface area contributed by atoms with Crippen LogP contribution in [0.25, 0.3) is 0 Å². The summed E-state index contributed by atoms with van der Waals surface area (Å²) in [6.45, 7) is 7.96. The molecule has 1 N–H and O–H groups in total. The Kier molecular flexibility index (Phi) is 6.91. The van der Waals surface area contributed by atoms with E-state index in [9.17, 15) is 9.59 Å². The van der Waals surface area contributed by atoms with Crippen molar-refractivity contribution in [2.75, 3.05) is 20.7 Å². The minimum Gasteiger partial charge on any atom is -0.466 e. The van der Waals surface area contributed by atoms with Gasteiger partial charge in [0.05, 0.1) is 12.5 Å². The first-order valence-electron chi connectivity index (χ1n) is 6.18. The molecule has 5 nitrogen and oxygen atoms in total. The lowest BCUT2D eigenvalue weighted by molar-refractivity contribution is -0.173. The topological polar surface area (TPSA) is 64.6 Å². The van der Waals surface area contributed by atoms with Gasteiger partial charge in [-0.1, -0.05) is 13.8 Å². The molecule has 0 radical (unpaired) electrons. The van der Waals surface area contributed by atoms with Crippen LogP contribution in [0.15, 0.2) is 0 Å². The molecule has 106 valence electrons. The molecule has 0 aromatic heterocycles. The molecule has 0 saturated heterocycles. The van der Waals surface area contributed by atoms with Crippen LogP contribution in [0, 0.1) is 11.3 Å². The highest BCUT2D eigenvalue weighted by atomic mass is 16.6. The Balaban J connectivity index is 4.67. The molecular formula is C13H25NO4. The maximum atomic E-state index is 12.0. The molecule has 0 bridgehead atoms. The Morgan fingerprint density at radius 1 is 1.28 bits per heavy atom. The largest absolute Gasteiger partial charge is 0.466 e. The van der Waals surface area contributed by atoms with Gasteiger partial charge in [-0.15, -0.1) is 0 Å². The third-order valence-corrected chi connectivity index (χ3v) is 2.57. The number of methoxy groups -OCH3 is 1. The first-order valence-corrected chi connectivity index (χ1v) is 6.18. The molecule has 5 heteroatoms. The number of hydrogen-bond donors (Lipinski definition) is 1. The van der Waals surface area contributed by atoms with E-state index in [1.54, 1.807) is 20.9 Å². The van der Waals surface area contributed by atoms with Gasteiger partial charge in [0.25, 0.3) is 0 Å². The Bertz CT molecular complexity index is 287. The van der Waals surface area contributed by atoms with E-state index in [-0.39, 0.29) is 5.92 Å². The van der Waals surface area contributed by atoms with E-state index < -0.39 is 23.5 Å². The minimum atomic E-state index is -0.821. The highest BCUT2D eigenvalue weighted by molar-refractivity contribution is 5.82. The van der Waals surface area contributed by atoms with Crippen LogP contribution in [0.2, 0.25) is 0 Å². The third-order valence-electron chi connectivity index (χ3n) is 2.57. The zero-order valence-electron chi connectivity index (χ0n) is 12.2. The van der Waals surface area contributed by atoms with Crippen molar-refractivity contribution < 1.29 is 19.1 Å². The second-order valence-corrected chi connectivity index (χ2v) is 5.46. The molecule has 18 heavy (non-hydrogen) atoms. The molecule has 0 aromatic rings. The van der Waals surface area contributed by atoms with Gasteiger partial charge in [-0.2, -0.15) is 0 Å². The highest BCUT2D eigenvalue weighted by Crippen LogP contribution is 2.19. The fourth-order valence-electron chi connectivity index (χ4n) is 1.55. The van der Waals surface area contributed by atoms with Gasteiger partial charge < -0.3 is 14.8 Å². The van der Waals surface area contributed by atoms with Crippen molar-refractivity contribution in [2.24, 2.45) is 11.3 Å². The molecular weight excluding hydrogens is 234 g/mol. The molecule has 1 atom stereocenters. The van der Waals surface area contributed by atoms with Crippen LogP contribution in [-0.2, 0) is 19.1 Å². The molecule has 0 aliphatic heterocycles. The monoisotopic (exact) mass is 259 g/mol. The van der Waals surface area contributed by atoms with Gasteiger partial charge in [0.15, 0.2) is 6.10 Å². The van der Waals surface area contributed by atoms with E-state index in [1.807, 2.05) is 13.8 Å². The van der Waals surface area contributed by atoms with E-state index in [0.717, 1.165) is 0 Å². The summed E-state index contributed by atoms with van der Waals surface area (Å²) in [5, 5.41) is 2.93. The van der Waals surface area contributed by atoms with Crippen molar-refractivity contribution >= 4 is 11.9 Å². The predicted octanol–water partition coefficient (Wildman–Crippen LogP) is 1.36. The van der Waals surface area contributed by atoms with Gasteiger partial charge in [-0.3, -0.25) is 4.79 Å². The first kappa shape index (κ1) is 16.9. The van der Waals surface area contributed by atoms with Gasteiger partial charge in [-0.25, -0.2) is 4.79 Å². The van der Waals surface area contributed by atoms with E-state index in [1.165, 1.54) is 7.11 Å². The average Bonchev–Trinajstić information content (AvgIpc) is 2.26. The maximum absolute atomic E-state index is 12.0. The second kappa shape index (κ2) is 7.36. The van der Waals surface area contributed by atoms with Crippen LogP contribution in [0.1, 0.15) is 34.1 Å². The number of hydrogen-bond acceptors (Lipinski definition) is 5. The van der Waals surface area contributed by atoms with E-state index in [2.05, 4.69) is 10.1 Å². The van der Waals surface area contributed by atoms with Crippen molar-refractivity contribution in [3.8, 4) is 0 Å². The SMILES string of the molecule is CNCC(C)(C)C(=O)OC(CC(C)C)C(=O)OC. The van der Waals surface area contributed by atoms with Gasteiger partial charge in [0, 0.05) is 6.54 Å². The van der Waals surface area contributed by atoms with E-state index in [0.29, 0.717) is 13.0 Å². The summed E-state index contributed by atoms with van der Waals surface area (Å²) in [6.07, 6.45) is -0.354. The first-order chi connectivity index (χ1) is 8.24. The van der Waals surface area contributed by atoms with Crippen molar-refractivity contribution in [3.05, 3.63) is 0 Å².